The summed E-state index contributed by atoms with van der Waals surface area (Å²) >= 11 is 0. The Morgan fingerprint density at radius 2 is 2.17 bits per heavy atom. The van der Waals surface area contributed by atoms with Crippen LogP contribution in [0.5, 0.6) is 0 Å². The van der Waals surface area contributed by atoms with Gasteiger partial charge in [0.2, 0.25) is 5.91 Å². The number of carbonyl (C=O) groups excluding carboxylic acids is 1. The van der Waals surface area contributed by atoms with E-state index in [-0.39, 0.29) is 12.3 Å². The Bertz CT molecular complexity index is 209. The smallest absolute Gasteiger partial charge is 0.346 e. The fraction of sp³-hybridized carbons (Fsp3) is 0.571. The van der Waals surface area contributed by atoms with Crippen LogP contribution in [-0.4, -0.2) is 18.1 Å². The topological polar surface area (TPSA) is 29.1 Å². The molecule has 0 bridgehead atoms. The second kappa shape index (κ2) is 3.16. The van der Waals surface area contributed by atoms with Crippen molar-refractivity contribution in [3.8, 4) is 0 Å². The molecule has 0 saturated carbocycles. The minimum atomic E-state index is -4.14. The van der Waals surface area contributed by atoms with Gasteiger partial charge in [0.25, 0.3) is 0 Å². The van der Waals surface area contributed by atoms with Crippen LogP contribution in [0.25, 0.3) is 0 Å². The molecule has 2 nitrogen and oxygen atoms in total. The highest BCUT2D eigenvalue weighted by atomic mass is 19.4. The molecule has 0 aromatic carbocycles. The fourth-order valence-electron chi connectivity index (χ4n) is 0.970. The van der Waals surface area contributed by atoms with Crippen molar-refractivity contribution in [3.05, 3.63) is 12.2 Å². The maximum absolute atomic E-state index is 11.7. The van der Waals surface area contributed by atoms with E-state index in [1.807, 2.05) is 0 Å². The van der Waals surface area contributed by atoms with Crippen molar-refractivity contribution in [2.24, 2.45) is 0 Å². The predicted molar refractivity (Wildman–Crippen MR) is 36.4 cm³/mol. The van der Waals surface area contributed by atoms with Crippen molar-refractivity contribution < 1.29 is 18.0 Å². The largest absolute Gasteiger partial charge is 0.389 e. The normalized spacial score (nSPS) is 22.9. The molecule has 1 N–H and O–H groups in total. The first-order valence-electron chi connectivity index (χ1n) is 3.53. The van der Waals surface area contributed by atoms with Gasteiger partial charge in [-0.15, -0.1) is 0 Å². The molecule has 1 aliphatic rings. The Kier molecular flexibility index (Phi) is 2.40. The zero-order valence-corrected chi connectivity index (χ0v) is 6.19. The molecule has 68 valence electrons. The molecular formula is C7H8F3NO. The van der Waals surface area contributed by atoms with Crippen molar-refractivity contribution in [2.75, 3.05) is 0 Å². The molecule has 0 saturated heterocycles. The zero-order chi connectivity index (χ0) is 9.19. The van der Waals surface area contributed by atoms with E-state index < -0.39 is 18.6 Å². The van der Waals surface area contributed by atoms with Gasteiger partial charge in [0, 0.05) is 18.5 Å². The summed E-state index contributed by atoms with van der Waals surface area (Å²) in [5, 5.41) is 2.38. The molecule has 0 aromatic rings. The summed E-state index contributed by atoms with van der Waals surface area (Å²) in [7, 11) is 0. The van der Waals surface area contributed by atoms with E-state index in [1.54, 1.807) is 0 Å². The number of alkyl halides is 3. The maximum Gasteiger partial charge on any atom is 0.389 e. The number of amides is 1. The Morgan fingerprint density at radius 1 is 1.50 bits per heavy atom. The molecule has 0 aromatic heterocycles. The van der Waals surface area contributed by atoms with Crippen LogP contribution in [0.3, 0.4) is 0 Å². The number of halogens is 3. The van der Waals surface area contributed by atoms with Crippen LogP contribution in [0.4, 0.5) is 13.2 Å². The van der Waals surface area contributed by atoms with Crippen molar-refractivity contribution >= 4 is 5.91 Å². The number of hydrogen-bond acceptors (Lipinski definition) is 1. The highest BCUT2D eigenvalue weighted by molar-refractivity contribution is 5.90. The minimum Gasteiger partial charge on any atom is -0.346 e. The average molecular weight is 179 g/mol. The van der Waals surface area contributed by atoms with Crippen molar-refractivity contribution in [2.45, 2.75) is 25.1 Å². The van der Waals surface area contributed by atoms with Gasteiger partial charge < -0.3 is 5.32 Å². The number of rotatable bonds is 2. The average Bonchev–Trinajstić information content (AvgIpc) is 2.30. The number of nitrogens with one attached hydrogen (secondary N) is 1. The first kappa shape index (κ1) is 9.09. The monoisotopic (exact) mass is 179 g/mol. The number of carbonyl (C=O) groups is 1. The quantitative estimate of drug-likeness (QED) is 0.681. The third-order valence-electron chi connectivity index (χ3n) is 1.55. The van der Waals surface area contributed by atoms with Gasteiger partial charge >= 0.3 is 6.18 Å². The van der Waals surface area contributed by atoms with Crippen LogP contribution in [0.15, 0.2) is 12.2 Å². The number of hydrogen-bond donors (Lipinski definition) is 1. The Hall–Kier alpha value is -1.00. The van der Waals surface area contributed by atoms with E-state index in [0.29, 0.717) is 0 Å². The summed E-state index contributed by atoms with van der Waals surface area (Å²) in [6.45, 7) is 0. The zero-order valence-electron chi connectivity index (χ0n) is 6.19. The summed E-state index contributed by atoms with van der Waals surface area (Å²) in [6.07, 6.45) is -2.37. The van der Waals surface area contributed by atoms with Crippen LogP contribution in [0.2, 0.25) is 0 Å². The van der Waals surface area contributed by atoms with E-state index in [1.165, 1.54) is 12.2 Å². The van der Waals surface area contributed by atoms with Crippen LogP contribution in [0, 0.1) is 0 Å². The molecule has 5 heteroatoms. The molecular weight excluding hydrogens is 171 g/mol. The van der Waals surface area contributed by atoms with Crippen molar-refractivity contribution in [1.29, 1.82) is 0 Å². The summed E-state index contributed by atoms with van der Waals surface area (Å²) in [6, 6.07) is -0.445. The Labute approximate surface area is 67.4 Å². The summed E-state index contributed by atoms with van der Waals surface area (Å²) < 4.78 is 35.0. The lowest BCUT2D eigenvalue weighted by Gasteiger charge is -2.10. The van der Waals surface area contributed by atoms with Gasteiger partial charge in [0.05, 0.1) is 0 Å². The van der Waals surface area contributed by atoms with Gasteiger partial charge in [-0.05, 0) is 6.42 Å². The van der Waals surface area contributed by atoms with Gasteiger partial charge in [-0.25, -0.2) is 0 Å². The van der Waals surface area contributed by atoms with Crippen LogP contribution in [-0.2, 0) is 4.79 Å². The van der Waals surface area contributed by atoms with E-state index in [2.05, 4.69) is 5.32 Å². The van der Waals surface area contributed by atoms with Gasteiger partial charge in [-0.3, -0.25) is 4.79 Å². The van der Waals surface area contributed by atoms with Crippen LogP contribution in [0.1, 0.15) is 12.8 Å². The Morgan fingerprint density at radius 3 is 2.58 bits per heavy atom. The molecule has 1 amide bonds. The molecule has 12 heavy (non-hydrogen) atoms. The fourth-order valence-corrected chi connectivity index (χ4v) is 0.970. The standard InChI is InChI=1S/C7H8F3NO/c8-7(9,10)4-3-5-1-2-6(12)11-5/h1-2,5H,3-4H2,(H,11,12). The molecule has 1 rings (SSSR count). The highest BCUT2D eigenvalue weighted by Gasteiger charge is 2.28. The molecule has 0 aliphatic carbocycles. The van der Waals surface area contributed by atoms with Gasteiger partial charge in [0.1, 0.15) is 0 Å². The SMILES string of the molecule is O=C1C=CC(CCC(F)(F)F)N1. The van der Waals surface area contributed by atoms with E-state index in [0.717, 1.165) is 0 Å². The molecule has 1 heterocycles. The highest BCUT2D eigenvalue weighted by Crippen LogP contribution is 2.23. The molecule has 0 fully saturated rings. The first-order valence-corrected chi connectivity index (χ1v) is 3.53. The second-order valence-corrected chi connectivity index (χ2v) is 2.63. The lowest BCUT2D eigenvalue weighted by atomic mass is 10.2. The molecule has 1 aliphatic heterocycles. The third-order valence-corrected chi connectivity index (χ3v) is 1.55. The molecule has 1 atom stereocenters. The summed E-state index contributed by atoms with van der Waals surface area (Å²) in [5.41, 5.74) is 0. The minimum absolute atomic E-state index is 0.0776. The lowest BCUT2D eigenvalue weighted by Crippen LogP contribution is -2.27. The molecule has 0 spiro atoms. The Balaban J connectivity index is 2.26. The maximum atomic E-state index is 11.7. The second-order valence-electron chi connectivity index (χ2n) is 2.63. The van der Waals surface area contributed by atoms with Crippen molar-refractivity contribution in [1.82, 2.24) is 5.32 Å². The van der Waals surface area contributed by atoms with Crippen LogP contribution < -0.4 is 5.32 Å². The van der Waals surface area contributed by atoms with Gasteiger partial charge in [0.15, 0.2) is 0 Å². The van der Waals surface area contributed by atoms with E-state index in [9.17, 15) is 18.0 Å². The first-order chi connectivity index (χ1) is 5.47. The van der Waals surface area contributed by atoms with Gasteiger partial charge in [-0.2, -0.15) is 13.2 Å². The van der Waals surface area contributed by atoms with Gasteiger partial charge in [-0.1, -0.05) is 6.08 Å². The predicted octanol–water partition coefficient (Wildman–Crippen LogP) is 1.38. The van der Waals surface area contributed by atoms with E-state index >= 15 is 0 Å². The summed E-state index contributed by atoms with van der Waals surface area (Å²) in [5.74, 6) is -0.317. The van der Waals surface area contributed by atoms with E-state index in [4.69, 9.17) is 0 Å². The lowest BCUT2D eigenvalue weighted by molar-refractivity contribution is -0.136. The molecule has 0 radical (unpaired) electrons. The van der Waals surface area contributed by atoms with Crippen molar-refractivity contribution in [3.63, 3.8) is 0 Å². The molecule has 1 unspecified atom stereocenters. The van der Waals surface area contributed by atoms with Crippen LogP contribution >= 0.6 is 0 Å². The third kappa shape index (κ3) is 2.94. The summed E-state index contributed by atoms with van der Waals surface area (Å²) in [4.78, 5) is 10.5.